The molecule has 0 aliphatic heterocycles. The lowest BCUT2D eigenvalue weighted by atomic mass is 10.3. The van der Waals surface area contributed by atoms with Crippen molar-refractivity contribution in [3.05, 3.63) is 24.3 Å². The van der Waals surface area contributed by atoms with Gasteiger partial charge in [0, 0.05) is 26.8 Å². The Morgan fingerprint density at radius 2 is 1.67 bits per heavy atom. The van der Waals surface area contributed by atoms with Crippen LogP contribution in [0.2, 0.25) is 0 Å². The second-order valence-electron chi connectivity index (χ2n) is 2.71. The van der Waals surface area contributed by atoms with E-state index in [1.54, 1.807) is 7.05 Å². The first-order valence-corrected chi connectivity index (χ1v) is 3.81. The Balaban J connectivity index is 2.85. The van der Waals surface area contributed by atoms with Crippen molar-refractivity contribution in [1.29, 1.82) is 0 Å². The number of anilines is 1. The molecule has 3 heteroatoms. The molecule has 0 N–H and O–H groups in total. The van der Waals surface area contributed by atoms with E-state index in [1.807, 2.05) is 43.3 Å². The smallest absolute Gasteiger partial charge is 0.0853 e. The van der Waals surface area contributed by atoms with Crippen LogP contribution >= 0.6 is 0 Å². The third kappa shape index (κ3) is 2.05. The molecule has 0 radical (unpaired) electrons. The van der Waals surface area contributed by atoms with Gasteiger partial charge in [-0.1, -0.05) is 0 Å². The SMILES string of the molecule is CN=Nc1ccc(N(C)C)cc1. The molecule has 0 spiro atoms. The summed E-state index contributed by atoms with van der Waals surface area (Å²) >= 11 is 0. The van der Waals surface area contributed by atoms with Gasteiger partial charge in [-0.05, 0) is 24.3 Å². The summed E-state index contributed by atoms with van der Waals surface area (Å²) in [5, 5.41) is 7.61. The van der Waals surface area contributed by atoms with Crippen LogP contribution in [0.4, 0.5) is 11.4 Å². The minimum Gasteiger partial charge on any atom is -0.378 e. The number of hydrogen-bond donors (Lipinski definition) is 0. The molecule has 0 fully saturated rings. The van der Waals surface area contributed by atoms with Crippen LogP contribution in [-0.2, 0) is 0 Å². The van der Waals surface area contributed by atoms with E-state index in [0.29, 0.717) is 0 Å². The largest absolute Gasteiger partial charge is 0.378 e. The molecule has 0 heterocycles. The average molecular weight is 163 g/mol. The monoisotopic (exact) mass is 163 g/mol. The topological polar surface area (TPSA) is 28.0 Å². The van der Waals surface area contributed by atoms with Crippen molar-refractivity contribution in [3.8, 4) is 0 Å². The van der Waals surface area contributed by atoms with E-state index in [9.17, 15) is 0 Å². The first-order valence-electron chi connectivity index (χ1n) is 3.81. The highest BCUT2D eigenvalue weighted by molar-refractivity contribution is 5.51. The minimum atomic E-state index is 0.892. The van der Waals surface area contributed by atoms with Crippen LogP contribution in [0, 0.1) is 0 Å². The Morgan fingerprint density at radius 3 is 2.08 bits per heavy atom. The summed E-state index contributed by atoms with van der Waals surface area (Å²) in [5.74, 6) is 0. The lowest BCUT2D eigenvalue weighted by Gasteiger charge is -2.11. The zero-order valence-corrected chi connectivity index (χ0v) is 7.65. The minimum absolute atomic E-state index is 0.892. The second-order valence-corrected chi connectivity index (χ2v) is 2.71. The summed E-state index contributed by atoms with van der Waals surface area (Å²) < 4.78 is 0. The van der Waals surface area contributed by atoms with Crippen molar-refractivity contribution in [2.45, 2.75) is 0 Å². The van der Waals surface area contributed by atoms with Gasteiger partial charge in [0.25, 0.3) is 0 Å². The van der Waals surface area contributed by atoms with Gasteiger partial charge >= 0.3 is 0 Å². The predicted octanol–water partition coefficient (Wildman–Crippen LogP) is 2.47. The molecule has 0 saturated heterocycles. The zero-order valence-electron chi connectivity index (χ0n) is 7.65. The first kappa shape index (κ1) is 8.71. The number of hydrogen-bond acceptors (Lipinski definition) is 3. The maximum Gasteiger partial charge on any atom is 0.0853 e. The Morgan fingerprint density at radius 1 is 1.08 bits per heavy atom. The highest BCUT2D eigenvalue weighted by atomic mass is 15.1. The average Bonchev–Trinajstić information content (AvgIpc) is 2.06. The van der Waals surface area contributed by atoms with Crippen LogP contribution in [-0.4, -0.2) is 21.1 Å². The van der Waals surface area contributed by atoms with E-state index in [2.05, 4.69) is 10.2 Å². The molecular weight excluding hydrogens is 150 g/mol. The molecule has 0 amide bonds. The molecule has 0 aromatic heterocycles. The molecule has 12 heavy (non-hydrogen) atoms. The van der Waals surface area contributed by atoms with Gasteiger partial charge in [-0.2, -0.15) is 10.2 Å². The quantitative estimate of drug-likeness (QED) is 0.615. The Labute approximate surface area is 72.7 Å². The van der Waals surface area contributed by atoms with E-state index in [-0.39, 0.29) is 0 Å². The third-order valence-corrected chi connectivity index (χ3v) is 1.58. The van der Waals surface area contributed by atoms with Crippen molar-refractivity contribution in [3.63, 3.8) is 0 Å². The maximum absolute atomic E-state index is 3.91. The summed E-state index contributed by atoms with van der Waals surface area (Å²) in [5.41, 5.74) is 2.06. The fraction of sp³-hybridized carbons (Fsp3) is 0.333. The van der Waals surface area contributed by atoms with Crippen molar-refractivity contribution in [1.82, 2.24) is 0 Å². The third-order valence-electron chi connectivity index (χ3n) is 1.58. The van der Waals surface area contributed by atoms with Crippen LogP contribution in [0.15, 0.2) is 34.5 Å². The summed E-state index contributed by atoms with van der Waals surface area (Å²) in [6.07, 6.45) is 0. The second kappa shape index (κ2) is 3.85. The van der Waals surface area contributed by atoms with Gasteiger partial charge in [0.2, 0.25) is 0 Å². The number of azo groups is 1. The van der Waals surface area contributed by atoms with E-state index >= 15 is 0 Å². The maximum atomic E-state index is 3.91. The van der Waals surface area contributed by atoms with Crippen LogP contribution in [0.1, 0.15) is 0 Å². The van der Waals surface area contributed by atoms with Gasteiger partial charge in [-0.15, -0.1) is 0 Å². The predicted molar refractivity (Wildman–Crippen MR) is 51.2 cm³/mol. The first-order chi connectivity index (χ1) is 5.74. The van der Waals surface area contributed by atoms with E-state index in [4.69, 9.17) is 0 Å². The number of benzene rings is 1. The van der Waals surface area contributed by atoms with Crippen LogP contribution < -0.4 is 4.90 Å². The van der Waals surface area contributed by atoms with Crippen LogP contribution in [0.3, 0.4) is 0 Å². The fourth-order valence-corrected chi connectivity index (χ4v) is 0.933. The lowest BCUT2D eigenvalue weighted by molar-refractivity contribution is 1.12. The highest BCUT2D eigenvalue weighted by Gasteiger charge is 1.93. The van der Waals surface area contributed by atoms with E-state index in [0.717, 1.165) is 5.69 Å². The van der Waals surface area contributed by atoms with Crippen LogP contribution in [0.25, 0.3) is 0 Å². The Hall–Kier alpha value is -1.38. The van der Waals surface area contributed by atoms with Crippen molar-refractivity contribution in [2.24, 2.45) is 10.2 Å². The van der Waals surface area contributed by atoms with E-state index < -0.39 is 0 Å². The van der Waals surface area contributed by atoms with Crippen LogP contribution in [0.5, 0.6) is 0 Å². The molecule has 3 nitrogen and oxygen atoms in total. The number of rotatable bonds is 2. The van der Waals surface area contributed by atoms with Gasteiger partial charge in [0.15, 0.2) is 0 Å². The summed E-state index contributed by atoms with van der Waals surface area (Å²) in [4.78, 5) is 2.05. The van der Waals surface area contributed by atoms with Gasteiger partial charge in [0.05, 0.1) is 5.69 Å². The molecule has 1 aromatic carbocycles. The Bertz CT molecular complexity index is 262. The van der Waals surface area contributed by atoms with Gasteiger partial charge < -0.3 is 4.90 Å². The van der Waals surface area contributed by atoms with Crippen molar-refractivity contribution in [2.75, 3.05) is 26.0 Å². The fourth-order valence-electron chi connectivity index (χ4n) is 0.933. The van der Waals surface area contributed by atoms with Crippen molar-refractivity contribution < 1.29 is 0 Å². The van der Waals surface area contributed by atoms with Gasteiger partial charge in [0.1, 0.15) is 0 Å². The Kier molecular flexibility index (Phi) is 2.80. The molecule has 0 atom stereocenters. The van der Waals surface area contributed by atoms with E-state index in [1.165, 1.54) is 5.69 Å². The van der Waals surface area contributed by atoms with Gasteiger partial charge in [-0.3, -0.25) is 0 Å². The molecule has 0 bridgehead atoms. The molecule has 0 saturated carbocycles. The molecule has 0 aliphatic rings. The number of nitrogens with zero attached hydrogens (tertiary/aromatic N) is 3. The highest BCUT2D eigenvalue weighted by Crippen LogP contribution is 2.17. The molecule has 64 valence electrons. The summed E-state index contributed by atoms with van der Waals surface area (Å²) in [6, 6.07) is 7.93. The molecule has 1 rings (SSSR count). The molecule has 0 unspecified atom stereocenters. The molecule has 0 aliphatic carbocycles. The summed E-state index contributed by atoms with van der Waals surface area (Å²) in [6.45, 7) is 0. The molecule has 1 aromatic rings. The van der Waals surface area contributed by atoms with Crippen molar-refractivity contribution >= 4 is 11.4 Å². The zero-order chi connectivity index (χ0) is 8.97. The summed E-state index contributed by atoms with van der Waals surface area (Å²) in [7, 11) is 5.69. The lowest BCUT2D eigenvalue weighted by Crippen LogP contribution is -2.07. The normalized spacial score (nSPS) is 10.6. The van der Waals surface area contributed by atoms with Gasteiger partial charge in [-0.25, -0.2) is 0 Å². The molecular formula is C9H13N3. The standard InChI is InChI=1S/C9H13N3/c1-10-11-8-4-6-9(7-5-8)12(2)3/h4-7H,1-3H3.